The van der Waals surface area contributed by atoms with Crippen molar-refractivity contribution in [1.82, 2.24) is 4.90 Å². The number of carbonyl (C=O) groups excluding carboxylic acids is 1. The highest BCUT2D eigenvalue weighted by Crippen LogP contribution is 2.25. The van der Waals surface area contributed by atoms with E-state index in [2.05, 4.69) is 9.47 Å². The van der Waals surface area contributed by atoms with Crippen LogP contribution in [0.15, 0.2) is 0 Å². The molecule has 0 N–H and O–H groups in total. The normalized spacial score (nSPS) is 19.0. The summed E-state index contributed by atoms with van der Waals surface area (Å²) in [4.78, 5) is 13.6. The Labute approximate surface area is 135 Å². The van der Waals surface area contributed by atoms with Crippen LogP contribution in [0.3, 0.4) is 0 Å². The topological polar surface area (TPSA) is 82.1 Å². The molecule has 0 radical (unpaired) electrons. The Balaban J connectivity index is 2.57. The average Bonchev–Trinajstić information content (AvgIpc) is 2.35. The van der Waals surface area contributed by atoms with Gasteiger partial charge in [-0.1, -0.05) is 0 Å². The molecule has 7 nitrogen and oxygen atoms in total. The first-order valence-corrected chi connectivity index (χ1v) is 9.48. The van der Waals surface area contributed by atoms with Crippen molar-refractivity contribution in [3.8, 4) is 0 Å². The lowest BCUT2D eigenvalue weighted by molar-refractivity contribution is 0.00746. The summed E-state index contributed by atoms with van der Waals surface area (Å²) in [6.45, 7) is 6.67. The quantitative estimate of drug-likeness (QED) is 0.552. The lowest BCUT2D eigenvalue weighted by atomic mass is 9.92. The van der Waals surface area contributed by atoms with Crippen molar-refractivity contribution in [3.05, 3.63) is 0 Å². The largest absolute Gasteiger partial charge is 0.444 e. The molecule has 0 aromatic heterocycles. The molecule has 2 atom stereocenters. The zero-order valence-corrected chi connectivity index (χ0v) is 15.5. The van der Waals surface area contributed by atoms with Crippen LogP contribution >= 0.6 is 9.47 Å². The highest BCUT2D eigenvalue weighted by atomic mass is 32.2. The van der Waals surface area contributed by atoms with Crippen LogP contribution in [-0.4, -0.2) is 57.1 Å². The third kappa shape index (κ3) is 7.22. The summed E-state index contributed by atoms with van der Waals surface area (Å²) in [6, 6.07) is 0. The smallest absolute Gasteiger partial charge is 0.410 e. The van der Waals surface area contributed by atoms with Crippen molar-refractivity contribution in [2.45, 2.75) is 45.3 Å². The van der Waals surface area contributed by atoms with Crippen LogP contribution in [0.4, 0.5) is 4.79 Å². The Morgan fingerprint density at radius 1 is 1.32 bits per heavy atom. The van der Waals surface area contributed by atoms with Gasteiger partial charge in [-0.05, 0) is 39.5 Å². The van der Waals surface area contributed by atoms with Gasteiger partial charge in [0.15, 0.2) is 0 Å². The van der Waals surface area contributed by atoms with E-state index < -0.39 is 21.8 Å². The van der Waals surface area contributed by atoms with Gasteiger partial charge in [-0.15, -0.1) is 0 Å². The number of likely N-dealkylation sites (tertiary alicyclic amines) is 1. The van der Waals surface area contributed by atoms with E-state index >= 15 is 0 Å². The fourth-order valence-electron chi connectivity index (χ4n) is 2.34. The molecule has 0 saturated carbocycles. The first-order valence-electron chi connectivity index (χ1n) is 7.19. The summed E-state index contributed by atoms with van der Waals surface area (Å²) < 4.78 is 38.0. The molecule has 0 aliphatic carbocycles. The minimum atomic E-state index is -3.54. The Hall–Kier alpha value is -0.430. The molecule has 1 saturated heterocycles. The maximum absolute atomic E-state index is 12.0. The van der Waals surface area contributed by atoms with Gasteiger partial charge >= 0.3 is 6.09 Å². The second kappa shape index (κ2) is 7.90. The van der Waals surface area contributed by atoms with Crippen LogP contribution in [0.5, 0.6) is 0 Å². The van der Waals surface area contributed by atoms with E-state index in [1.807, 2.05) is 20.8 Å². The number of amides is 1. The standard InChI is InChI=1S/C13H26NO6PS/c1-13(2,3)19-12(15)14-7-5-10(6-8-14)11(9-18-21)20-22(4,16)17/h10-11H,5-9,21H2,1-4H3/t11-/m1/s1. The van der Waals surface area contributed by atoms with Crippen molar-refractivity contribution in [1.29, 1.82) is 0 Å². The van der Waals surface area contributed by atoms with Gasteiger partial charge in [-0.25, -0.2) is 4.79 Å². The fraction of sp³-hybridized carbons (Fsp3) is 0.923. The molecule has 130 valence electrons. The first kappa shape index (κ1) is 19.6. The van der Waals surface area contributed by atoms with Gasteiger partial charge in [-0.2, -0.15) is 8.42 Å². The highest BCUT2D eigenvalue weighted by Gasteiger charge is 2.32. The molecule has 22 heavy (non-hydrogen) atoms. The molecule has 1 aliphatic heterocycles. The predicted molar refractivity (Wildman–Crippen MR) is 85.9 cm³/mol. The predicted octanol–water partition coefficient (Wildman–Crippen LogP) is 1.78. The summed E-state index contributed by atoms with van der Waals surface area (Å²) >= 11 is 0. The van der Waals surface area contributed by atoms with Crippen molar-refractivity contribution in [3.63, 3.8) is 0 Å². The van der Waals surface area contributed by atoms with Crippen LogP contribution in [0.25, 0.3) is 0 Å². The van der Waals surface area contributed by atoms with Gasteiger partial charge < -0.3 is 14.2 Å². The molecule has 9 heteroatoms. The van der Waals surface area contributed by atoms with E-state index in [1.54, 1.807) is 4.90 Å². The monoisotopic (exact) mass is 355 g/mol. The third-order valence-corrected chi connectivity index (χ3v) is 4.07. The maximum Gasteiger partial charge on any atom is 0.410 e. The van der Waals surface area contributed by atoms with Crippen molar-refractivity contribution < 1.29 is 26.7 Å². The van der Waals surface area contributed by atoms with Crippen molar-refractivity contribution >= 4 is 25.7 Å². The number of carbonyl (C=O) groups is 1. The summed E-state index contributed by atoms with van der Waals surface area (Å²) in [7, 11) is -1.45. The van der Waals surface area contributed by atoms with Crippen LogP contribution in [0.1, 0.15) is 33.6 Å². The molecule has 0 aromatic carbocycles. The number of hydrogen-bond donors (Lipinski definition) is 0. The van der Waals surface area contributed by atoms with Crippen LogP contribution < -0.4 is 0 Å². The van der Waals surface area contributed by atoms with E-state index in [4.69, 9.17) is 13.4 Å². The van der Waals surface area contributed by atoms with Gasteiger partial charge in [0.25, 0.3) is 10.1 Å². The molecule has 1 unspecified atom stereocenters. The van der Waals surface area contributed by atoms with E-state index in [1.165, 1.54) is 0 Å². The van der Waals surface area contributed by atoms with Crippen molar-refractivity contribution in [2.24, 2.45) is 5.92 Å². The molecular formula is C13H26NO6PS. The van der Waals surface area contributed by atoms with Gasteiger partial charge in [0.2, 0.25) is 0 Å². The SMILES string of the molecule is CC(C)(C)OC(=O)N1CCC([C@@H](COP)OS(C)(=O)=O)CC1. The van der Waals surface area contributed by atoms with Crippen LogP contribution in [0, 0.1) is 5.92 Å². The molecule has 1 fully saturated rings. The molecule has 1 heterocycles. The molecular weight excluding hydrogens is 329 g/mol. The lowest BCUT2D eigenvalue weighted by Crippen LogP contribution is -2.45. The second-order valence-electron chi connectivity index (χ2n) is 6.48. The molecule has 0 aromatic rings. The van der Waals surface area contributed by atoms with Crippen molar-refractivity contribution in [2.75, 3.05) is 26.0 Å². The Morgan fingerprint density at radius 3 is 2.27 bits per heavy atom. The zero-order chi connectivity index (χ0) is 17.0. The van der Waals surface area contributed by atoms with Gasteiger partial charge in [0.1, 0.15) is 11.7 Å². The van der Waals surface area contributed by atoms with Crippen LogP contribution in [0.2, 0.25) is 0 Å². The summed E-state index contributed by atoms with van der Waals surface area (Å²) in [6.07, 6.45) is 1.45. The van der Waals surface area contributed by atoms with E-state index in [-0.39, 0.29) is 18.6 Å². The number of hydrogen-bond acceptors (Lipinski definition) is 6. The number of piperidine rings is 1. The Morgan fingerprint density at radius 2 is 1.86 bits per heavy atom. The second-order valence-corrected chi connectivity index (χ2v) is 8.41. The van der Waals surface area contributed by atoms with Gasteiger partial charge in [0, 0.05) is 22.6 Å². The van der Waals surface area contributed by atoms with E-state index in [0.29, 0.717) is 25.9 Å². The Bertz CT molecular complexity index is 467. The molecule has 1 aliphatic rings. The number of ether oxygens (including phenoxy) is 1. The van der Waals surface area contributed by atoms with Gasteiger partial charge in [0.05, 0.1) is 12.9 Å². The summed E-state index contributed by atoms with van der Waals surface area (Å²) in [5.41, 5.74) is -0.525. The zero-order valence-electron chi connectivity index (χ0n) is 13.6. The summed E-state index contributed by atoms with van der Waals surface area (Å²) in [5.74, 6) is 0.0222. The highest BCUT2D eigenvalue weighted by molar-refractivity contribution is 7.86. The first-order chi connectivity index (χ1) is 10.0. The number of rotatable bonds is 5. The maximum atomic E-state index is 12.0. The molecule has 0 spiro atoms. The molecule has 1 rings (SSSR count). The third-order valence-electron chi connectivity index (χ3n) is 3.28. The van der Waals surface area contributed by atoms with Crippen LogP contribution in [-0.2, 0) is 23.6 Å². The van der Waals surface area contributed by atoms with E-state index in [9.17, 15) is 13.2 Å². The lowest BCUT2D eigenvalue weighted by Gasteiger charge is -2.35. The summed E-state index contributed by atoms with van der Waals surface area (Å²) in [5, 5.41) is 0. The average molecular weight is 355 g/mol. The number of nitrogens with zero attached hydrogens (tertiary/aromatic N) is 1. The van der Waals surface area contributed by atoms with Gasteiger partial charge in [-0.3, -0.25) is 4.18 Å². The molecule has 1 amide bonds. The minimum absolute atomic E-state index is 0.0222. The minimum Gasteiger partial charge on any atom is -0.444 e. The Kier molecular flexibility index (Phi) is 7.05. The van der Waals surface area contributed by atoms with E-state index in [0.717, 1.165) is 6.26 Å². The fourth-order valence-corrected chi connectivity index (χ4v) is 3.19. The molecule has 0 bridgehead atoms.